The van der Waals surface area contributed by atoms with Gasteiger partial charge in [0.25, 0.3) is 5.89 Å². The number of benzene rings is 1. The van der Waals surface area contributed by atoms with Crippen molar-refractivity contribution in [1.29, 1.82) is 0 Å². The van der Waals surface area contributed by atoms with Crippen molar-refractivity contribution in [2.24, 2.45) is 0 Å². The summed E-state index contributed by atoms with van der Waals surface area (Å²) in [6.07, 6.45) is 3.40. The number of nitrogens with zero attached hydrogens (tertiary/aromatic N) is 6. The van der Waals surface area contributed by atoms with Crippen molar-refractivity contribution in [2.75, 3.05) is 7.11 Å². The standard InChI is InChI=1S/C18H13F3N6O2/c1-28-14-8-22-7-13(24-14)9-27-3-2-23-16(27)10-4-11(6-12(19)5-10)17-25-26-18(29-17)15(20)21/h2-8,15H,9H2,1H3. The molecule has 0 aliphatic rings. The molecule has 0 fully saturated rings. The Morgan fingerprint density at radius 1 is 1.14 bits per heavy atom. The van der Waals surface area contributed by atoms with Gasteiger partial charge in [0.15, 0.2) is 0 Å². The molecule has 29 heavy (non-hydrogen) atoms. The maximum Gasteiger partial charge on any atom is 0.314 e. The van der Waals surface area contributed by atoms with E-state index in [0.29, 0.717) is 29.5 Å². The van der Waals surface area contributed by atoms with E-state index < -0.39 is 18.1 Å². The van der Waals surface area contributed by atoms with Crippen molar-refractivity contribution in [2.45, 2.75) is 13.0 Å². The lowest BCUT2D eigenvalue weighted by molar-refractivity contribution is 0.116. The van der Waals surface area contributed by atoms with Crippen LogP contribution in [0, 0.1) is 5.82 Å². The lowest BCUT2D eigenvalue weighted by atomic mass is 10.1. The third-order valence-electron chi connectivity index (χ3n) is 3.95. The summed E-state index contributed by atoms with van der Waals surface area (Å²) in [6.45, 7) is 0.307. The zero-order valence-electron chi connectivity index (χ0n) is 15.0. The highest BCUT2D eigenvalue weighted by Crippen LogP contribution is 2.28. The molecule has 0 bridgehead atoms. The van der Waals surface area contributed by atoms with Crippen molar-refractivity contribution in [3.63, 3.8) is 0 Å². The Morgan fingerprint density at radius 3 is 2.72 bits per heavy atom. The van der Waals surface area contributed by atoms with E-state index in [-0.39, 0.29) is 11.5 Å². The normalized spacial score (nSPS) is 11.2. The molecular weight excluding hydrogens is 389 g/mol. The highest BCUT2D eigenvalue weighted by atomic mass is 19.3. The number of rotatable bonds is 6. The lowest BCUT2D eigenvalue weighted by Gasteiger charge is -2.09. The average molecular weight is 402 g/mol. The van der Waals surface area contributed by atoms with E-state index in [9.17, 15) is 13.2 Å². The van der Waals surface area contributed by atoms with Gasteiger partial charge in [0, 0.05) is 23.5 Å². The molecule has 3 aromatic heterocycles. The van der Waals surface area contributed by atoms with Crippen LogP contribution in [0.25, 0.3) is 22.8 Å². The van der Waals surface area contributed by atoms with Gasteiger partial charge in [-0.2, -0.15) is 8.78 Å². The van der Waals surface area contributed by atoms with Gasteiger partial charge in [-0.25, -0.2) is 14.4 Å². The van der Waals surface area contributed by atoms with E-state index in [0.717, 1.165) is 6.07 Å². The largest absolute Gasteiger partial charge is 0.480 e. The minimum absolute atomic E-state index is 0.162. The molecular formula is C18H13F3N6O2. The van der Waals surface area contributed by atoms with Crippen LogP contribution in [0.4, 0.5) is 13.2 Å². The molecule has 1 aromatic carbocycles. The van der Waals surface area contributed by atoms with Crippen LogP contribution in [0.5, 0.6) is 5.88 Å². The second kappa shape index (κ2) is 7.70. The van der Waals surface area contributed by atoms with E-state index in [1.54, 1.807) is 23.2 Å². The molecule has 0 radical (unpaired) electrons. The van der Waals surface area contributed by atoms with Crippen molar-refractivity contribution >= 4 is 0 Å². The summed E-state index contributed by atoms with van der Waals surface area (Å²) in [6, 6.07) is 3.92. The summed E-state index contributed by atoms with van der Waals surface area (Å²) in [5.74, 6) is -0.848. The number of hydrogen-bond acceptors (Lipinski definition) is 7. The number of alkyl halides is 2. The molecule has 0 spiro atoms. The van der Waals surface area contributed by atoms with Crippen LogP contribution in [-0.2, 0) is 6.54 Å². The summed E-state index contributed by atoms with van der Waals surface area (Å²) >= 11 is 0. The first-order valence-electron chi connectivity index (χ1n) is 8.32. The highest BCUT2D eigenvalue weighted by molar-refractivity contribution is 5.65. The predicted molar refractivity (Wildman–Crippen MR) is 93.6 cm³/mol. The minimum atomic E-state index is -2.91. The number of hydrogen-bond donors (Lipinski definition) is 0. The molecule has 0 aliphatic heterocycles. The molecule has 4 aromatic rings. The van der Waals surface area contributed by atoms with Gasteiger partial charge in [0.2, 0.25) is 11.8 Å². The van der Waals surface area contributed by atoms with Crippen molar-refractivity contribution in [3.8, 4) is 28.7 Å². The molecule has 0 atom stereocenters. The van der Waals surface area contributed by atoms with Crippen molar-refractivity contribution in [1.82, 2.24) is 29.7 Å². The topological polar surface area (TPSA) is 91.8 Å². The molecule has 0 amide bonds. The summed E-state index contributed by atoms with van der Waals surface area (Å²) in [5.41, 5.74) is 1.17. The first-order chi connectivity index (χ1) is 14.0. The Balaban J connectivity index is 1.69. The van der Waals surface area contributed by atoms with Crippen LogP contribution in [0.2, 0.25) is 0 Å². The van der Waals surface area contributed by atoms with E-state index >= 15 is 0 Å². The number of aromatic nitrogens is 6. The minimum Gasteiger partial charge on any atom is -0.480 e. The van der Waals surface area contributed by atoms with Gasteiger partial charge in [-0.05, 0) is 18.2 Å². The van der Waals surface area contributed by atoms with Crippen molar-refractivity contribution in [3.05, 3.63) is 60.4 Å². The van der Waals surface area contributed by atoms with Gasteiger partial charge in [-0.15, -0.1) is 10.2 Å². The summed E-state index contributed by atoms with van der Waals surface area (Å²) in [4.78, 5) is 12.6. The fourth-order valence-corrected chi connectivity index (χ4v) is 2.71. The number of imidazole rings is 1. The van der Waals surface area contributed by atoms with E-state index in [4.69, 9.17) is 9.15 Å². The average Bonchev–Trinajstić information content (AvgIpc) is 3.37. The molecule has 3 heterocycles. The highest BCUT2D eigenvalue weighted by Gasteiger charge is 2.19. The number of halogens is 3. The van der Waals surface area contributed by atoms with Gasteiger partial charge in [-0.1, -0.05) is 0 Å². The monoisotopic (exact) mass is 402 g/mol. The summed E-state index contributed by atoms with van der Waals surface area (Å²) in [7, 11) is 1.49. The fourth-order valence-electron chi connectivity index (χ4n) is 2.71. The molecule has 0 saturated heterocycles. The summed E-state index contributed by atoms with van der Waals surface area (Å²) in [5, 5.41) is 6.82. The third kappa shape index (κ3) is 3.93. The maximum absolute atomic E-state index is 14.2. The second-order valence-corrected chi connectivity index (χ2v) is 5.91. The first-order valence-corrected chi connectivity index (χ1v) is 8.32. The van der Waals surface area contributed by atoms with Gasteiger partial charge >= 0.3 is 6.43 Å². The molecule has 0 unspecified atom stereocenters. The molecule has 11 heteroatoms. The third-order valence-corrected chi connectivity index (χ3v) is 3.95. The van der Waals surface area contributed by atoms with E-state index in [1.807, 2.05) is 0 Å². The smallest absolute Gasteiger partial charge is 0.314 e. The second-order valence-electron chi connectivity index (χ2n) is 5.91. The van der Waals surface area contributed by atoms with E-state index in [1.165, 1.54) is 25.4 Å². The summed E-state index contributed by atoms with van der Waals surface area (Å²) < 4.78 is 51.3. The Hall–Kier alpha value is -3.76. The Kier molecular flexibility index (Phi) is 4.94. The Bertz CT molecular complexity index is 1140. The molecule has 148 valence electrons. The van der Waals surface area contributed by atoms with E-state index in [2.05, 4.69) is 25.1 Å². The quantitative estimate of drug-likeness (QED) is 0.487. The zero-order chi connectivity index (χ0) is 20.4. The van der Waals surface area contributed by atoms with Crippen LogP contribution in [0.1, 0.15) is 18.0 Å². The van der Waals surface area contributed by atoms with Crippen molar-refractivity contribution < 1.29 is 22.3 Å². The SMILES string of the molecule is COc1cncc(Cn2ccnc2-c2cc(F)cc(-c3nnc(C(F)F)o3)c2)n1. The van der Waals surface area contributed by atoms with Crippen LogP contribution in [0.15, 0.2) is 47.4 Å². The zero-order valence-corrected chi connectivity index (χ0v) is 15.0. The van der Waals surface area contributed by atoms with Gasteiger partial charge in [0.05, 0.1) is 31.7 Å². The lowest BCUT2D eigenvalue weighted by Crippen LogP contribution is -2.04. The maximum atomic E-state index is 14.2. The van der Waals surface area contributed by atoms with Gasteiger partial charge in [0.1, 0.15) is 11.6 Å². The molecule has 0 N–H and O–H groups in total. The molecule has 0 aliphatic carbocycles. The fraction of sp³-hybridized carbons (Fsp3) is 0.167. The molecule has 0 saturated carbocycles. The van der Waals surface area contributed by atoms with Crippen LogP contribution >= 0.6 is 0 Å². The molecule has 8 nitrogen and oxygen atoms in total. The molecule has 4 rings (SSSR count). The van der Waals surface area contributed by atoms with Gasteiger partial charge < -0.3 is 13.7 Å². The Morgan fingerprint density at radius 2 is 1.97 bits per heavy atom. The van der Waals surface area contributed by atoms with Crippen LogP contribution < -0.4 is 4.74 Å². The van der Waals surface area contributed by atoms with Crippen LogP contribution in [0.3, 0.4) is 0 Å². The number of ether oxygens (including phenoxy) is 1. The first kappa shape index (κ1) is 18.6. The number of methoxy groups -OCH3 is 1. The van der Waals surface area contributed by atoms with Gasteiger partial charge in [-0.3, -0.25) is 4.98 Å². The predicted octanol–water partition coefficient (Wildman–Crippen LogP) is 3.52. The van der Waals surface area contributed by atoms with Crippen LogP contribution in [-0.4, -0.2) is 36.8 Å². The Labute approximate surface area is 162 Å².